The maximum Gasteiger partial charge on any atom is 0.251 e. The molecule has 5 nitrogen and oxygen atoms in total. The van der Waals surface area contributed by atoms with Gasteiger partial charge in [-0.05, 0) is 61.8 Å². The fourth-order valence-corrected chi connectivity index (χ4v) is 3.80. The number of hydrogen-bond acceptors (Lipinski definition) is 4. The molecule has 5 heteroatoms. The van der Waals surface area contributed by atoms with Gasteiger partial charge in [-0.2, -0.15) is 0 Å². The van der Waals surface area contributed by atoms with E-state index in [2.05, 4.69) is 25.1 Å². The Kier molecular flexibility index (Phi) is 4.86. The summed E-state index contributed by atoms with van der Waals surface area (Å²) in [5.74, 6) is 1.90. The minimum Gasteiger partial charge on any atom is -0.454 e. The highest BCUT2D eigenvalue weighted by atomic mass is 16.7. The van der Waals surface area contributed by atoms with E-state index in [1.807, 2.05) is 47.4 Å². The molecule has 2 aliphatic heterocycles. The van der Waals surface area contributed by atoms with Crippen molar-refractivity contribution in [1.29, 1.82) is 0 Å². The van der Waals surface area contributed by atoms with Gasteiger partial charge in [0.25, 0.3) is 5.91 Å². The lowest BCUT2D eigenvalue weighted by atomic mass is 9.92. The van der Waals surface area contributed by atoms with Gasteiger partial charge in [-0.15, -0.1) is 0 Å². The molecule has 0 N–H and O–H groups in total. The van der Waals surface area contributed by atoms with Crippen LogP contribution in [0.3, 0.4) is 0 Å². The number of benzene rings is 2. The van der Waals surface area contributed by atoms with Crippen LogP contribution >= 0.6 is 0 Å². The van der Waals surface area contributed by atoms with Crippen LogP contribution in [0.2, 0.25) is 0 Å². The smallest absolute Gasteiger partial charge is 0.251 e. The van der Waals surface area contributed by atoms with E-state index in [0.29, 0.717) is 5.92 Å². The fraction of sp³-hybridized carbons (Fsp3) is 0.318. The molecule has 4 rings (SSSR count). The molecular formula is C22H24N2O3. The summed E-state index contributed by atoms with van der Waals surface area (Å²) >= 11 is 0. The Morgan fingerprint density at radius 3 is 2.85 bits per heavy atom. The van der Waals surface area contributed by atoms with Gasteiger partial charge in [0.15, 0.2) is 11.5 Å². The Morgan fingerprint density at radius 1 is 1.19 bits per heavy atom. The summed E-state index contributed by atoms with van der Waals surface area (Å²) in [4.78, 5) is 17.1. The zero-order chi connectivity index (χ0) is 18.8. The molecule has 0 aliphatic carbocycles. The SMILES string of the molecule is CN(C)CC1Cc2ccccc2N(C(=O)/C=C/c2ccc3c(c2)OCO3)C1. The minimum atomic E-state index is 0.00331. The quantitative estimate of drug-likeness (QED) is 0.782. The summed E-state index contributed by atoms with van der Waals surface area (Å²) in [5.41, 5.74) is 3.18. The lowest BCUT2D eigenvalue weighted by Gasteiger charge is -2.35. The number of carbonyl (C=O) groups is 1. The maximum absolute atomic E-state index is 13.0. The monoisotopic (exact) mass is 364 g/mol. The molecular weight excluding hydrogens is 340 g/mol. The van der Waals surface area contributed by atoms with Crippen LogP contribution in [0.15, 0.2) is 48.5 Å². The van der Waals surface area contributed by atoms with E-state index in [-0.39, 0.29) is 12.7 Å². The molecule has 0 fully saturated rings. The summed E-state index contributed by atoms with van der Waals surface area (Å²) in [6, 6.07) is 13.9. The Hall–Kier alpha value is -2.79. The number of amides is 1. The van der Waals surface area contributed by atoms with Gasteiger partial charge in [0.05, 0.1) is 0 Å². The average molecular weight is 364 g/mol. The molecule has 2 aromatic rings. The van der Waals surface area contributed by atoms with Crippen LogP contribution in [0.1, 0.15) is 11.1 Å². The number of ether oxygens (including phenoxy) is 2. The Balaban J connectivity index is 1.54. The van der Waals surface area contributed by atoms with Crippen LogP contribution < -0.4 is 14.4 Å². The van der Waals surface area contributed by atoms with Gasteiger partial charge < -0.3 is 19.3 Å². The van der Waals surface area contributed by atoms with Crippen molar-refractivity contribution in [2.75, 3.05) is 38.9 Å². The van der Waals surface area contributed by atoms with Gasteiger partial charge in [0, 0.05) is 24.9 Å². The summed E-state index contributed by atoms with van der Waals surface area (Å²) in [6.07, 6.45) is 4.48. The number of nitrogens with zero attached hydrogens (tertiary/aromatic N) is 2. The van der Waals surface area contributed by atoms with Crippen LogP contribution in [-0.2, 0) is 11.2 Å². The van der Waals surface area contributed by atoms with Crippen molar-refractivity contribution in [2.24, 2.45) is 5.92 Å². The Morgan fingerprint density at radius 2 is 2.00 bits per heavy atom. The number of anilines is 1. The molecule has 0 aromatic heterocycles. The number of fused-ring (bicyclic) bond motifs is 2. The van der Waals surface area contributed by atoms with Gasteiger partial charge in [-0.3, -0.25) is 4.79 Å². The lowest BCUT2D eigenvalue weighted by molar-refractivity contribution is -0.114. The van der Waals surface area contributed by atoms with Crippen LogP contribution in [0.25, 0.3) is 6.08 Å². The van der Waals surface area contributed by atoms with Crippen molar-refractivity contribution in [2.45, 2.75) is 6.42 Å². The number of rotatable bonds is 4. The molecule has 140 valence electrons. The van der Waals surface area contributed by atoms with Crippen LogP contribution in [0, 0.1) is 5.92 Å². The van der Waals surface area contributed by atoms with E-state index in [4.69, 9.17) is 9.47 Å². The van der Waals surface area contributed by atoms with E-state index in [9.17, 15) is 4.79 Å². The van der Waals surface area contributed by atoms with Crippen molar-refractivity contribution in [3.8, 4) is 11.5 Å². The van der Waals surface area contributed by atoms with E-state index < -0.39 is 0 Å². The Labute approximate surface area is 159 Å². The predicted molar refractivity (Wildman–Crippen MR) is 106 cm³/mol. The van der Waals surface area contributed by atoms with E-state index in [0.717, 1.165) is 42.3 Å². The van der Waals surface area contributed by atoms with Crippen molar-refractivity contribution in [3.63, 3.8) is 0 Å². The molecule has 2 aromatic carbocycles. The third kappa shape index (κ3) is 3.83. The first kappa shape index (κ1) is 17.6. The topological polar surface area (TPSA) is 42.0 Å². The first-order chi connectivity index (χ1) is 13.1. The third-order valence-corrected chi connectivity index (χ3v) is 4.94. The molecule has 1 unspecified atom stereocenters. The van der Waals surface area contributed by atoms with Crippen LogP contribution in [-0.4, -0.2) is 44.8 Å². The lowest BCUT2D eigenvalue weighted by Crippen LogP contribution is -2.42. The second-order valence-electron chi connectivity index (χ2n) is 7.36. The second-order valence-corrected chi connectivity index (χ2v) is 7.36. The van der Waals surface area contributed by atoms with Crippen LogP contribution in [0.4, 0.5) is 5.69 Å². The zero-order valence-corrected chi connectivity index (χ0v) is 15.7. The van der Waals surface area contributed by atoms with Gasteiger partial charge in [0.2, 0.25) is 6.79 Å². The second kappa shape index (κ2) is 7.45. The van der Waals surface area contributed by atoms with Crippen LogP contribution in [0.5, 0.6) is 11.5 Å². The molecule has 0 saturated carbocycles. The number of hydrogen-bond donors (Lipinski definition) is 0. The highest BCUT2D eigenvalue weighted by Crippen LogP contribution is 2.33. The minimum absolute atomic E-state index is 0.00331. The summed E-state index contributed by atoms with van der Waals surface area (Å²) in [7, 11) is 4.15. The van der Waals surface area contributed by atoms with Crippen molar-refractivity contribution in [3.05, 3.63) is 59.7 Å². The highest BCUT2D eigenvalue weighted by molar-refractivity contribution is 6.04. The molecule has 0 bridgehead atoms. The highest BCUT2D eigenvalue weighted by Gasteiger charge is 2.27. The zero-order valence-electron chi connectivity index (χ0n) is 15.7. The van der Waals surface area contributed by atoms with Gasteiger partial charge in [-0.25, -0.2) is 0 Å². The predicted octanol–water partition coefficient (Wildman–Crippen LogP) is 3.20. The van der Waals surface area contributed by atoms with E-state index >= 15 is 0 Å². The summed E-state index contributed by atoms with van der Waals surface area (Å²) in [5, 5.41) is 0. The van der Waals surface area contributed by atoms with E-state index in [1.54, 1.807) is 6.08 Å². The molecule has 0 saturated heterocycles. The summed E-state index contributed by atoms with van der Waals surface area (Å²) in [6.45, 7) is 1.95. The van der Waals surface area contributed by atoms with Gasteiger partial charge >= 0.3 is 0 Å². The largest absolute Gasteiger partial charge is 0.454 e. The molecule has 2 aliphatic rings. The van der Waals surface area contributed by atoms with Crippen molar-refractivity contribution in [1.82, 2.24) is 4.90 Å². The van der Waals surface area contributed by atoms with Crippen molar-refractivity contribution < 1.29 is 14.3 Å². The third-order valence-electron chi connectivity index (χ3n) is 4.94. The van der Waals surface area contributed by atoms with Gasteiger partial charge in [-0.1, -0.05) is 24.3 Å². The van der Waals surface area contributed by atoms with Gasteiger partial charge in [0.1, 0.15) is 0 Å². The molecule has 27 heavy (non-hydrogen) atoms. The summed E-state index contributed by atoms with van der Waals surface area (Å²) < 4.78 is 10.7. The van der Waals surface area contributed by atoms with Crippen molar-refractivity contribution >= 4 is 17.7 Å². The first-order valence-corrected chi connectivity index (χ1v) is 9.22. The fourth-order valence-electron chi connectivity index (χ4n) is 3.80. The first-order valence-electron chi connectivity index (χ1n) is 9.22. The average Bonchev–Trinajstić information content (AvgIpc) is 3.12. The number of para-hydroxylation sites is 1. The number of carbonyl (C=O) groups excluding carboxylic acids is 1. The molecule has 1 amide bonds. The molecule has 0 spiro atoms. The molecule has 2 heterocycles. The maximum atomic E-state index is 13.0. The standard InChI is InChI=1S/C22H24N2O3/c1-23(2)13-17-11-18-5-3-4-6-19(18)24(14-17)22(25)10-8-16-7-9-20-21(12-16)27-15-26-20/h3-10,12,17H,11,13-15H2,1-2H3/b10-8+. The molecule has 1 atom stereocenters. The Bertz CT molecular complexity index is 876. The molecule has 0 radical (unpaired) electrons. The van der Waals surface area contributed by atoms with E-state index in [1.165, 1.54) is 5.56 Å². The normalized spacial score (nSPS) is 18.2.